The minimum Gasteiger partial charge on any atom is -0.398 e. The summed E-state index contributed by atoms with van der Waals surface area (Å²) >= 11 is 0. The number of Topliss-reactive ketones (excluding diaryl/α,β-unsaturated/α-hetero) is 1. The largest absolute Gasteiger partial charge is 0.398 e. The van der Waals surface area contributed by atoms with Crippen molar-refractivity contribution in [2.24, 2.45) is 0 Å². The number of hydrogen-bond donors (Lipinski definition) is 3. The predicted molar refractivity (Wildman–Crippen MR) is 68.0 cm³/mol. The molecule has 1 rings (SSSR count). The van der Waals surface area contributed by atoms with E-state index in [4.69, 9.17) is 5.73 Å². The van der Waals surface area contributed by atoms with Gasteiger partial charge in [0.25, 0.3) is 0 Å². The lowest BCUT2D eigenvalue weighted by Crippen LogP contribution is -2.26. The average molecular weight is 235 g/mol. The number of anilines is 2. The zero-order valence-corrected chi connectivity index (χ0v) is 10.0. The van der Waals surface area contributed by atoms with E-state index in [0.717, 1.165) is 5.69 Å². The molecule has 0 aromatic heterocycles. The molecule has 1 aromatic rings. The summed E-state index contributed by atoms with van der Waals surface area (Å²) in [5, 5.41) is 5.77. The lowest BCUT2D eigenvalue weighted by Gasteiger charge is -2.09. The first kappa shape index (κ1) is 13.0. The minimum atomic E-state index is -0.0572. The van der Waals surface area contributed by atoms with E-state index >= 15 is 0 Å². The van der Waals surface area contributed by atoms with Gasteiger partial charge in [-0.3, -0.25) is 9.59 Å². The fourth-order valence-electron chi connectivity index (χ4n) is 1.44. The Labute approximate surface area is 100 Å². The van der Waals surface area contributed by atoms with Crippen molar-refractivity contribution in [1.82, 2.24) is 5.32 Å². The molecule has 0 saturated heterocycles. The third-order valence-corrected chi connectivity index (χ3v) is 2.26. The Hall–Kier alpha value is -2.04. The van der Waals surface area contributed by atoms with Crippen LogP contribution in [0.15, 0.2) is 18.2 Å². The van der Waals surface area contributed by atoms with Crippen molar-refractivity contribution in [2.75, 3.05) is 24.1 Å². The van der Waals surface area contributed by atoms with Crippen LogP contribution in [0.4, 0.5) is 11.4 Å². The van der Waals surface area contributed by atoms with Crippen LogP contribution in [0, 0.1) is 0 Å². The van der Waals surface area contributed by atoms with Crippen LogP contribution >= 0.6 is 0 Å². The molecule has 0 spiro atoms. The Morgan fingerprint density at radius 2 is 1.94 bits per heavy atom. The van der Waals surface area contributed by atoms with E-state index in [-0.39, 0.29) is 11.7 Å². The maximum Gasteiger partial charge on any atom is 0.216 e. The zero-order valence-electron chi connectivity index (χ0n) is 10.0. The molecule has 0 unspecified atom stereocenters. The van der Waals surface area contributed by atoms with Crippen LogP contribution in [0.5, 0.6) is 0 Å². The summed E-state index contributed by atoms with van der Waals surface area (Å²) in [6, 6.07) is 5.20. The molecule has 1 amide bonds. The highest BCUT2D eigenvalue weighted by molar-refractivity contribution is 5.99. The van der Waals surface area contributed by atoms with Crippen molar-refractivity contribution in [3.63, 3.8) is 0 Å². The number of carbonyl (C=O) groups is 2. The molecular formula is C12H17N3O2. The van der Waals surface area contributed by atoms with Gasteiger partial charge in [-0.25, -0.2) is 0 Å². The molecule has 0 saturated carbocycles. The van der Waals surface area contributed by atoms with E-state index in [0.29, 0.717) is 24.3 Å². The lowest BCUT2D eigenvalue weighted by molar-refractivity contribution is -0.118. The summed E-state index contributed by atoms with van der Waals surface area (Å²) in [5.41, 5.74) is 7.56. The standard InChI is InChI=1S/C12H17N3O2/c1-8(16)11-4-3-10(7-12(11)13)15-6-5-14-9(2)17/h3-4,7,15H,5-6,13H2,1-2H3,(H,14,17). The molecule has 0 fully saturated rings. The van der Waals surface area contributed by atoms with E-state index in [1.54, 1.807) is 18.2 Å². The monoisotopic (exact) mass is 235 g/mol. The van der Waals surface area contributed by atoms with Crippen LogP contribution in [-0.2, 0) is 4.79 Å². The summed E-state index contributed by atoms with van der Waals surface area (Å²) in [6.07, 6.45) is 0. The van der Waals surface area contributed by atoms with Crippen LogP contribution in [0.25, 0.3) is 0 Å². The molecule has 4 N–H and O–H groups in total. The smallest absolute Gasteiger partial charge is 0.216 e. The van der Waals surface area contributed by atoms with Gasteiger partial charge in [0.05, 0.1) is 0 Å². The topological polar surface area (TPSA) is 84.2 Å². The molecule has 0 radical (unpaired) electrons. The first-order chi connectivity index (χ1) is 8.00. The van der Waals surface area contributed by atoms with Gasteiger partial charge in [-0.2, -0.15) is 0 Å². The minimum absolute atomic E-state index is 0.0488. The number of amides is 1. The Morgan fingerprint density at radius 3 is 2.47 bits per heavy atom. The van der Waals surface area contributed by atoms with Gasteiger partial charge in [-0.05, 0) is 25.1 Å². The van der Waals surface area contributed by atoms with Gasteiger partial charge in [0, 0.05) is 37.0 Å². The van der Waals surface area contributed by atoms with Gasteiger partial charge in [-0.1, -0.05) is 0 Å². The van der Waals surface area contributed by atoms with Crippen molar-refractivity contribution in [3.05, 3.63) is 23.8 Å². The number of nitrogen functional groups attached to an aromatic ring is 1. The van der Waals surface area contributed by atoms with Gasteiger partial charge in [0.2, 0.25) is 5.91 Å². The predicted octanol–water partition coefficient (Wildman–Crippen LogP) is 1.02. The van der Waals surface area contributed by atoms with Gasteiger partial charge in [0.1, 0.15) is 0 Å². The van der Waals surface area contributed by atoms with Crippen LogP contribution in [0.3, 0.4) is 0 Å². The molecule has 5 nitrogen and oxygen atoms in total. The number of carbonyl (C=O) groups excluding carboxylic acids is 2. The van der Waals surface area contributed by atoms with E-state index in [9.17, 15) is 9.59 Å². The maximum absolute atomic E-state index is 11.2. The maximum atomic E-state index is 11.2. The molecule has 5 heteroatoms. The highest BCUT2D eigenvalue weighted by Gasteiger charge is 2.04. The van der Waals surface area contributed by atoms with Crippen LogP contribution < -0.4 is 16.4 Å². The molecule has 0 aliphatic carbocycles. The average Bonchev–Trinajstić information content (AvgIpc) is 2.23. The molecule has 0 aliphatic rings. The zero-order chi connectivity index (χ0) is 12.8. The van der Waals surface area contributed by atoms with E-state index < -0.39 is 0 Å². The highest BCUT2D eigenvalue weighted by Crippen LogP contribution is 2.18. The second-order valence-electron chi connectivity index (χ2n) is 3.77. The number of hydrogen-bond acceptors (Lipinski definition) is 4. The number of ketones is 1. The van der Waals surface area contributed by atoms with Gasteiger partial charge < -0.3 is 16.4 Å². The third-order valence-electron chi connectivity index (χ3n) is 2.26. The molecule has 17 heavy (non-hydrogen) atoms. The van der Waals surface area contributed by atoms with E-state index in [1.165, 1.54) is 13.8 Å². The van der Waals surface area contributed by atoms with Crippen molar-refractivity contribution >= 4 is 23.1 Å². The first-order valence-corrected chi connectivity index (χ1v) is 5.39. The lowest BCUT2D eigenvalue weighted by atomic mass is 10.1. The Kier molecular flexibility index (Phi) is 4.51. The van der Waals surface area contributed by atoms with Crippen molar-refractivity contribution in [2.45, 2.75) is 13.8 Å². The van der Waals surface area contributed by atoms with Gasteiger partial charge >= 0.3 is 0 Å². The number of nitrogens with two attached hydrogens (primary N) is 1. The molecule has 0 atom stereocenters. The highest BCUT2D eigenvalue weighted by atomic mass is 16.1. The van der Waals surface area contributed by atoms with Crippen LogP contribution in [-0.4, -0.2) is 24.8 Å². The molecule has 1 aromatic carbocycles. The quantitative estimate of drug-likeness (QED) is 0.404. The summed E-state index contributed by atoms with van der Waals surface area (Å²) in [7, 11) is 0. The Balaban J connectivity index is 2.53. The summed E-state index contributed by atoms with van der Waals surface area (Å²) in [5.74, 6) is -0.106. The molecule has 0 bridgehead atoms. The SMILES string of the molecule is CC(=O)NCCNc1ccc(C(C)=O)c(N)c1. The van der Waals surface area contributed by atoms with Crippen molar-refractivity contribution in [3.8, 4) is 0 Å². The Morgan fingerprint density at radius 1 is 1.24 bits per heavy atom. The molecule has 0 aliphatic heterocycles. The number of benzene rings is 1. The molecule has 92 valence electrons. The second-order valence-corrected chi connectivity index (χ2v) is 3.77. The van der Waals surface area contributed by atoms with Gasteiger partial charge in [0.15, 0.2) is 5.78 Å². The summed E-state index contributed by atoms with van der Waals surface area (Å²) < 4.78 is 0. The van der Waals surface area contributed by atoms with Crippen molar-refractivity contribution in [1.29, 1.82) is 0 Å². The number of nitrogens with one attached hydrogen (secondary N) is 2. The third kappa shape index (κ3) is 4.14. The van der Waals surface area contributed by atoms with Crippen LogP contribution in [0.1, 0.15) is 24.2 Å². The van der Waals surface area contributed by atoms with Crippen LogP contribution in [0.2, 0.25) is 0 Å². The van der Waals surface area contributed by atoms with Gasteiger partial charge in [-0.15, -0.1) is 0 Å². The first-order valence-electron chi connectivity index (χ1n) is 5.39. The second kappa shape index (κ2) is 5.89. The van der Waals surface area contributed by atoms with Crippen molar-refractivity contribution < 1.29 is 9.59 Å². The number of rotatable bonds is 5. The van der Waals surface area contributed by atoms with E-state index in [2.05, 4.69) is 10.6 Å². The van der Waals surface area contributed by atoms with E-state index in [1.807, 2.05) is 0 Å². The fourth-order valence-corrected chi connectivity index (χ4v) is 1.44. The molecular weight excluding hydrogens is 218 g/mol. The normalized spacial score (nSPS) is 9.76. The summed E-state index contributed by atoms with van der Waals surface area (Å²) in [6.45, 7) is 4.11. The molecule has 0 heterocycles. The fraction of sp³-hybridized carbons (Fsp3) is 0.333. The summed E-state index contributed by atoms with van der Waals surface area (Å²) in [4.78, 5) is 21.8. The Bertz CT molecular complexity index is 430.